The van der Waals surface area contributed by atoms with Crippen LogP contribution in [0.15, 0.2) is 54.0 Å². The molecule has 0 atom stereocenters. The monoisotopic (exact) mass is 358 g/mol. The molecule has 2 aromatic heterocycles. The van der Waals surface area contributed by atoms with Gasteiger partial charge in [0.05, 0.1) is 19.3 Å². The molecule has 0 radical (unpaired) electrons. The highest BCUT2D eigenvalue weighted by Crippen LogP contribution is 2.14. The van der Waals surface area contributed by atoms with Gasteiger partial charge in [0.2, 0.25) is 5.91 Å². The Labute approximate surface area is 149 Å². The van der Waals surface area contributed by atoms with E-state index in [1.807, 2.05) is 17.5 Å². The zero-order valence-electron chi connectivity index (χ0n) is 13.9. The fourth-order valence-electron chi connectivity index (χ4n) is 2.52. The van der Waals surface area contributed by atoms with Crippen molar-refractivity contribution in [2.24, 2.45) is 0 Å². The Morgan fingerprint density at radius 3 is 2.88 bits per heavy atom. The predicted octanol–water partition coefficient (Wildman–Crippen LogP) is 3.20. The molecule has 0 aliphatic rings. The van der Waals surface area contributed by atoms with Crippen molar-refractivity contribution in [1.82, 2.24) is 14.7 Å². The lowest BCUT2D eigenvalue weighted by Gasteiger charge is -2.17. The zero-order valence-corrected chi connectivity index (χ0v) is 14.7. The zero-order chi connectivity index (χ0) is 17.6. The van der Waals surface area contributed by atoms with E-state index in [9.17, 15) is 9.18 Å². The number of halogens is 1. The number of nitrogens with one attached hydrogen (secondary N) is 1. The van der Waals surface area contributed by atoms with Crippen LogP contribution in [0.5, 0.6) is 0 Å². The number of aromatic nitrogens is 2. The van der Waals surface area contributed by atoms with Crippen LogP contribution in [0, 0.1) is 5.82 Å². The molecule has 0 aliphatic heterocycles. The molecule has 7 heteroatoms. The summed E-state index contributed by atoms with van der Waals surface area (Å²) in [5, 5.41) is 9.12. The van der Waals surface area contributed by atoms with E-state index in [2.05, 4.69) is 10.4 Å². The lowest BCUT2D eigenvalue weighted by atomic mass is 10.2. The average Bonchev–Trinajstić information content (AvgIpc) is 3.22. The van der Waals surface area contributed by atoms with Crippen molar-refractivity contribution in [3.05, 3.63) is 70.3 Å². The highest BCUT2D eigenvalue weighted by atomic mass is 32.1. The number of carbonyl (C=O) groups excluding carboxylic acids is 1. The topological polar surface area (TPSA) is 50.2 Å². The number of likely N-dealkylation sites (N-methyl/N-ethyl adjacent to an activating group) is 1. The van der Waals surface area contributed by atoms with Crippen LogP contribution >= 0.6 is 11.3 Å². The van der Waals surface area contributed by atoms with Crippen LogP contribution in [0.1, 0.15) is 10.4 Å². The van der Waals surface area contributed by atoms with E-state index < -0.39 is 0 Å². The van der Waals surface area contributed by atoms with Crippen molar-refractivity contribution in [2.75, 3.05) is 18.9 Å². The number of carbonyl (C=O) groups is 1. The molecule has 1 N–H and O–H groups in total. The molecule has 1 aromatic carbocycles. The van der Waals surface area contributed by atoms with E-state index in [1.165, 1.54) is 6.07 Å². The third kappa shape index (κ3) is 4.74. The standard InChI is InChI=1S/C18H19FN4OS/c1-22(11-14-5-2-3-7-16(14)19)13-18(24)21-17-8-9-20-23(17)12-15-6-4-10-25-15/h2-10H,11-13H2,1H3,(H,21,24). The van der Waals surface area contributed by atoms with Crippen molar-refractivity contribution in [3.63, 3.8) is 0 Å². The Morgan fingerprint density at radius 2 is 2.12 bits per heavy atom. The predicted molar refractivity (Wildman–Crippen MR) is 97.0 cm³/mol. The molecular formula is C18H19FN4OS. The number of rotatable bonds is 7. The second kappa shape index (κ2) is 8.04. The molecular weight excluding hydrogens is 339 g/mol. The van der Waals surface area contributed by atoms with Crippen LogP contribution in [-0.4, -0.2) is 34.2 Å². The second-order valence-corrected chi connectivity index (χ2v) is 6.80. The van der Waals surface area contributed by atoms with Crippen LogP contribution in [0.2, 0.25) is 0 Å². The summed E-state index contributed by atoms with van der Waals surface area (Å²) in [6.07, 6.45) is 1.66. The van der Waals surface area contributed by atoms with E-state index in [4.69, 9.17) is 0 Å². The Balaban J connectivity index is 1.56. The maximum absolute atomic E-state index is 13.7. The summed E-state index contributed by atoms with van der Waals surface area (Å²) in [5.74, 6) is 0.230. The number of benzene rings is 1. The first kappa shape index (κ1) is 17.3. The smallest absolute Gasteiger partial charge is 0.239 e. The Hall–Kier alpha value is -2.51. The fourth-order valence-corrected chi connectivity index (χ4v) is 3.20. The van der Waals surface area contributed by atoms with Gasteiger partial charge in [-0.25, -0.2) is 9.07 Å². The molecule has 0 unspecified atom stereocenters. The first-order valence-electron chi connectivity index (χ1n) is 7.88. The summed E-state index contributed by atoms with van der Waals surface area (Å²) in [7, 11) is 1.79. The average molecular weight is 358 g/mol. The minimum atomic E-state index is -0.260. The van der Waals surface area contributed by atoms with E-state index in [1.54, 1.807) is 58.4 Å². The van der Waals surface area contributed by atoms with Gasteiger partial charge in [0.25, 0.3) is 0 Å². The van der Waals surface area contributed by atoms with Crippen molar-refractivity contribution in [2.45, 2.75) is 13.1 Å². The number of hydrogen-bond donors (Lipinski definition) is 1. The van der Waals surface area contributed by atoms with Gasteiger partial charge in [0, 0.05) is 23.1 Å². The number of anilines is 1. The van der Waals surface area contributed by atoms with Crippen LogP contribution in [0.3, 0.4) is 0 Å². The molecule has 1 amide bonds. The maximum atomic E-state index is 13.7. The Morgan fingerprint density at radius 1 is 1.28 bits per heavy atom. The second-order valence-electron chi connectivity index (χ2n) is 5.77. The molecule has 25 heavy (non-hydrogen) atoms. The first-order valence-corrected chi connectivity index (χ1v) is 8.76. The summed E-state index contributed by atoms with van der Waals surface area (Å²) in [5.41, 5.74) is 0.570. The van der Waals surface area contributed by atoms with Crippen molar-refractivity contribution in [1.29, 1.82) is 0 Å². The van der Waals surface area contributed by atoms with E-state index in [0.29, 0.717) is 24.5 Å². The quantitative estimate of drug-likeness (QED) is 0.706. The number of thiophene rings is 1. The molecule has 130 valence electrons. The highest BCUT2D eigenvalue weighted by molar-refractivity contribution is 7.09. The van der Waals surface area contributed by atoms with E-state index in [0.717, 1.165) is 4.88 Å². The molecule has 0 bridgehead atoms. The number of nitrogens with zero attached hydrogens (tertiary/aromatic N) is 3. The van der Waals surface area contributed by atoms with Crippen LogP contribution in [0.25, 0.3) is 0 Å². The summed E-state index contributed by atoms with van der Waals surface area (Å²) >= 11 is 1.64. The van der Waals surface area contributed by atoms with E-state index >= 15 is 0 Å². The van der Waals surface area contributed by atoms with Gasteiger partial charge in [-0.3, -0.25) is 9.69 Å². The summed E-state index contributed by atoms with van der Waals surface area (Å²) in [6, 6.07) is 12.4. The van der Waals surface area contributed by atoms with Crippen LogP contribution in [-0.2, 0) is 17.9 Å². The first-order chi connectivity index (χ1) is 12.1. The summed E-state index contributed by atoms with van der Waals surface area (Å²) < 4.78 is 15.4. The van der Waals surface area contributed by atoms with Crippen LogP contribution < -0.4 is 5.32 Å². The van der Waals surface area contributed by atoms with E-state index in [-0.39, 0.29) is 18.3 Å². The van der Waals surface area contributed by atoms with Crippen molar-refractivity contribution in [3.8, 4) is 0 Å². The van der Waals surface area contributed by atoms with Crippen molar-refractivity contribution < 1.29 is 9.18 Å². The van der Waals surface area contributed by atoms with Gasteiger partial charge < -0.3 is 5.32 Å². The molecule has 3 rings (SSSR count). The van der Waals surface area contributed by atoms with Gasteiger partial charge in [-0.2, -0.15) is 5.10 Å². The Bertz CT molecular complexity index is 831. The normalized spacial score (nSPS) is 11.0. The molecule has 0 aliphatic carbocycles. The Kier molecular flexibility index (Phi) is 5.57. The molecule has 2 heterocycles. The van der Waals surface area contributed by atoms with Gasteiger partial charge in [-0.1, -0.05) is 24.3 Å². The third-order valence-electron chi connectivity index (χ3n) is 3.68. The lowest BCUT2D eigenvalue weighted by molar-refractivity contribution is -0.117. The lowest BCUT2D eigenvalue weighted by Crippen LogP contribution is -2.30. The maximum Gasteiger partial charge on any atom is 0.239 e. The minimum Gasteiger partial charge on any atom is -0.310 e. The largest absolute Gasteiger partial charge is 0.310 e. The molecule has 0 saturated carbocycles. The van der Waals surface area contributed by atoms with Crippen LogP contribution in [0.4, 0.5) is 10.2 Å². The molecule has 0 fully saturated rings. The fraction of sp³-hybridized carbons (Fsp3) is 0.222. The molecule has 0 saturated heterocycles. The minimum absolute atomic E-state index is 0.160. The van der Waals surface area contributed by atoms with Gasteiger partial charge >= 0.3 is 0 Å². The summed E-state index contributed by atoms with van der Waals surface area (Å²) in [4.78, 5) is 15.2. The van der Waals surface area contributed by atoms with Crippen molar-refractivity contribution >= 4 is 23.1 Å². The molecule has 0 spiro atoms. The van der Waals surface area contributed by atoms with Gasteiger partial charge in [-0.05, 0) is 24.6 Å². The number of hydrogen-bond acceptors (Lipinski definition) is 4. The number of amides is 1. The molecule has 3 aromatic rings. The third-order valence-corrected chi connectivity index (χ3v) is 4.54. The van der Waals surface area contributed by atoms with Gasteiger partial charge in [0.1, 0.15) is 11.6 Å². The van der Waals surface area contributed by atoms with Gasteiger partial charge in [0.15, 0.2) is 0 Å². The molecule has 5 nitrogen and oxygen atoms in total. The highest BCUT2D eigenvalue weighted by Gasteiger charge is 2.12. The SMILES string of the molecule is CN(CC(=O)Nc1ccnn1Cc1cccs1)Cc1ccccc1F. The summed E-state index contributed by atoms with van der Waals surface area (Å²) in [6.45, 7) is 1.15. The van der Waals surface area contributed by atoms with Gasteiger partial charge in [-0.15, -0.1) is 11.3 Å².